The van der Waals surface area contributed by atoms with Gasteiger partial charge in [0, 0.05) is 0 Å². The monoisotopic (exact) mass is 212 g/mol. The Morgan fingerprint density at radius 1 is 0.500 bits per heavy atom. The van der Waals surface area contributed by atoms with Crippen molar-refractivity contribution < 1.29 is 63.0 Å². The van der Waals surface area contributed by atoms with E-state index in [1.54, 1.807) is 0 Å². The Morgan fingerprint density at radius 2 is 0.500 bits per heavy atom. The van der Waals surface area contributed by atoms with Gasteiger partial charge in [-0.3, -0.25) is 0 Å². The molecule has 52 valence electrons. The molecular formula is H3ClCu2O3-2. The van der Waals surface area contributed by atoms with E-state index >= 15 is 0 Å². The van der Waals surface area contributed by atoms with Gasteiger partial charge in [-0.1, -0.05) is 0 Å². The molecule has 0 saturated carbocycles. The first-order chi connectivity index (χ1) is 0. The summed E-state index contributed by atoms with van der Waals surface area (Å²) in [7, 11) is 0. The SMILES string of the molecule is [Cl-].[Cu+].[Cu+].[OH-].[OH-].[OH-]. The molecule has 0 spiro atoms. The third-order valence-corrected chi connectivity index (χ3v) is 0. The molecule has 0 fully saturated rings. The van der Waals surface area contributed by atoms with E-state index in [9.17, 15) is 0 Å². The van der Waals surface area contributed by atoms with Crippen LogP contribution in [-0.4, -0.2) is 16.4 Å². The minimum Gasteiger partial charge on any atom is -1.00 e. The van der Waals surface area contributed by atoms with Gasteiger partial charge < -0.3 is 28.8 Å². The summed E-state index contributed by atoms with van der Waals surface area (Å²) in [5.41, 5.74) is 0. The fraction of sp³-hybridized carbons (Fsp3) is 0. The van der Waals surface area contributed by atoms with Gasteiger partial charge in [0.25, 0.3) is 0 Å². The Morgan fingerprint density at radius 3 is 0.500 bits per heavy atom. The second kappa shape index (κ2) is 115. The van der Waals surface area contributed by atoms with Crippen molar-refractivity contribution in [2.75, 3.05) is 0 Å². The predicted molar refractivity (Wildman–Crippen MR) is 5.81 cm³/mol. The zero-order valence-electron chi connectivity index (χ0n) is 2.32. The van der Waals surface area contributed by atoms with Gasteiger partial charge in [0.15, 0.2) is 0 Å². The minimum atomic E-state index is 0. The normalized spacial score (nSPS) is 0. The number of halogens is 1. The van der Waals surface area contributed by atoms with Crippen LogP contribution < -0.4 is 12.4 Å². The molecule has 0 bridgehead atoms. The summed E-state index contributed by atoms with van der Waals surface area (Å²) in [5.74, 6) is 0. The second-order valence-electron chi connectivity index (χ2n) is 0. The molecule has 0 aromatic rings. The average molecular weight is 214 g/mol. The van der Waals surface area contributed by atoms with Crippen molar-refractivity contribution in [2.24, 2.45) is 0 Å². The minimum absolute atomic E-state index is 0. The summed E-state index contributed by atoms with van der Waals surface area (Å²) in [6.45, 7) is 0. The molecule has 0 amide bonds. The third-order valence-electron chi connectivity index (χ3n) is 0. The molecule has 3 N–H and O–H groups in total. The molecule has 0 radical (unpaired) electrons. The van der Waals surface area contributed by atoms with Crippen LogP contribution in [0.3, 0.4) is 0 Å². The summed E-state index contributed by atoms with van der Waals surface area (Å²) >= 11 is 0. The van der Waals surface area contributed by atoms with Gasteiger partial charge in [-0.05, 0) is 0 Å². The molecule has 0 aliphatic heterocycles. The van der Waals surface area contributed by atoms with Crippen molar-refractivity contribution >= 4 is 0 Å². The fourth-order valence-electron chi connectivity index (χ4n) is 0. The van der Waals surface area contributed by atoms with E-state index < -0.39 is 0 Å². The van der Waals surface area contributed by atoms with E-state index in [-0.39, 0.29) is 63.0 Å². The molecule has 6 heavy (non-hydrogen) atoms. The third kappa shape index (κ3) is 63.1. The van der Waals surface area contributed by atoms with Crippen LogP contribution in [0.15, 0.2) is 0 Å². The Hall–Kier alpha value is 1.21. The van der Waals surface area contributed by atoms with Crippen molar-refractivity contribution in [3.05, 3.63) is 0 Å². The summed E-state index contributed by atoms with van der Waals surface area (Å²) in [4.78, 5) is 0. The number of hydrogen-bond acceptors (Lipinski definition) is 3. The summed E-state index contributed by atoms with van der Waals surface area (Å²) < 4.78 is 0. The molecule has 6 heteroatoms. The van der Waals surface area contributed by atoms with E-state index in [0.717, 1.165) is 0 Å². The molecule has 0 rings (SSSR count). The van der Waals surface area contributed by atoms with Crippen molar-refractivity contribution in [3.8, 4) is 0 Å². The van der Waals surface area contributed by atoms with Gasteiger partial charge in [0.1, 0.15) is 0 Å². The molecule has 3 nitrogen and oxygen atoms in total. The number of rotatable bonds is 0. The topological polar surface area (TPSA) is 90.0 Å². The largest absolute Gasteiger partial charge is 1.00 e. The van der Waals surface area contributed by atoms with Crippen LogP contribution in [0, 0.1) is 0 Å². The van der Waals surface area contributed by atoms with Crippen molar-refractivity contribution in [1.29, 1.82) is 0 Å². The summed E-state index contributed by atoms with van der Waals surface area (Å²) in [6, 6.07) is 0. The first-order valence-electron chi connectivity index (χ1n) is 0. The van der Waals surface area contributed by atoms with Crippen LogP contribution in [0.1, 0.15) is 0 Å². The average Bonchev–Trinajstić information content (AvgIpc) is 0. The standard InChI is InChI=1S/ClH.2Cu.3H2O/h1H;;;3*1H2/q;2*+1;;;/p-4. The zero-order valence-corrected chi connectivity index (χ0v) is 4.96. The van der Waals surface area contributed by atoms with Gasteiger partial charge in [0.05, 0.1) is 0 Å². The van der Waals surface area contributed by atoms with Crippen LogP contribution in [-0.2, 0) is 34.1 Å². The molecule has 0 aromatic carbocycles. The van der Waals surface area contributed by atoms with Crippen LogP contribution >= 0.6 is 0 Å². The van der Waals surface area contributed by atoms with Crippen LogP contribution in [0.5, 0.6) is 0 Å². The maximum Gasteiger partial charge on any atom is 1.00 e. The molecule has 0 atom stereocenters. The Balaban J connectivity index is 0. The van der Waals surface area contributed by atoms with E-state index in [2.05, 4.69) is 0 Å². The molecule has 0 saturated heterocycles. The molecule has 0 aromatic heterocycles. The van der Waals surface area contributed by atoms with Crippen molar-refractivity contribution in [3.63, 3.8) is 0 Å². The second-order valence-corrected chi connectivity index (χ2v) is 0. The van der Waals surface area contributed by atoms with E-state index in [1.807, 2.05) is 0 Å². The van der Waals surface area contributed by atoms with E-state index in [1.165, 1.54) is 0 Å². The van der Waals surface area contributed by atoms with Gasteiger partial charge in [0.2, 0.25) is 0 Å². The maximum absolute atomic E-state index is 0. The van der Waals surface area contributed by atoms with E-state index in [0.29, 0.717) is 0 Å². The van der Waals surface area contributed by atoms with Gasteiger partial charge in [-0.15, -0.1) is 0 Å². The van der Waals surface area contributed by atoms with Crippen molar-refractivity contribution in [2.45, 2.75) is 0 Å². The molecule has 0 aliphatic rings. The first kappa shape index (κ1) is 190. The Labute approximate surface area is 63.2 Å². The Kier molecular flexibility index (Phi) is 3650. The predicted octanol–water partition coefficient (Wildman–Crippen LogP) is -3.53. The van der Waals surface area contributed by atoms with Gasteiger partial charge in [-0.25, -0.2) is 0 Å². The maximum atomic E-state index is 0. The van der Waals surface area contributed by atoms with Crippen LogP contribution in [0.4, 0.5) is 0 Å². The first-order valence-corrected chi connectivity index (χ1v) is 0. The smallest absolute Gasteiger partial charge is 1.00 e. The van der Waals surface area contributed by atoms with Gasteiger partial charge in [-0.2, -0.15) is 0 Å². The molecule has 0 aliphatic carbocycles. The van der Waals surface area contributed by atoms with Crippen LogP contribution in [0.2, 0.25) is 0 Å². The molecule has 0 heterocycles. The Bertz CT molecular complexity index is 8.75. The molecule has 0 unspecified atom stereocenters. The van der Waals surface area contributed by atoms with Gasteiger partial charge >= 0.3 is 34.1 Å². The fourth-order valence-corrected chi connectivity index (χ4v) is 0. The summed E-state index contributed by atoms with van der Waals surface area (Å²) in [6.07, 6.45) is 0. The quantitative estimate of drug-likeness (QED) is 0.391. The molecular weight excluding hydrogens is 211 g/mol. The van der Waals surface area contributed by atoms with Crippen LogP contribution in [0.25, 0.3) is 0 Å². The zero-order chi connectivity index (χ0) is 0. The van der Waals surface area contributed by atoms with E-state index in [4.69, 9.17) is 0 Å². The van der Waals surface area contributed by atoms with Crippen molar-refractivity contribution in [1.82, 2.24) is 0 Å². The number of hydrogen-bond donors (Lipinski definition) is 0. The summed E-state index contributed by atoms with van der Waals surface area (Å²) in [5, 5.41) is 0.